The standard InChI is InChI=1S/C33H34N6O7S2/c1-45-33(42)37-31(30(22-8-4-2-5-9-22)23-10-6-3-7-11-23)32(41)35-19-26-14-17-29(47-26)28(21-40)39(20-25-18-36-46-38-25)48(43,44)27-15-12-24(34)13-16-27/h2-18,28,30-31,40H,19-21,34H2,1H3,(H,35,41)(H,37,42)/t28-,31+/m1/s1. The molecule has 2 aromatic heterocycles. The molecule has 0 saturated heterocycles. The lowest BCUT2D eigenvalue weighted by molar-refractivity contribution is -0.123. The van der Waals surface area contributed by atoms with E-state index in [9.17, 15) is 23.1 Å². The van der Waals surface area contributed by atoms with Crippen molar-refractivity contribution in [2.45, 2.75) is 36.0 Å². The highest BCUT2D eigenvalue weighted by Gasteiger charge is 2.35. The van der Waals surface area contributed by atoms with Crippen LogP contribution in [-0.2, 0) is 32.6 Å². The molecule has 0 spiro atoms. The quantitative estimate of drug-likeness (QED) is 0.125. The summed E-state index contributed by atoms with van der Waals surface area (Å²) < 4.78 is 38.4. The number of nitrogens with zero attached hydrogens (tertiary/aromatic N) is 3. The molecule has 0 saturated carbocycles. The predicted octanol–water partition coefficient (Wildman–Crippen LogP) is 3.81. The number of aliphatic hydroxyl groups is 1. The van der Waals surface area contributed by atoms with Crippen molar-refractivity contribution < 1.29 is 32.5 Å². The number of amides is 2. The fraction of sp³-hybridized carbons (Fsp3) is 0.212. The summed E-state index contributed by atoms with van der Waals surface area (Å²) in [5, 5.41) is 23.5. The molecule has 2 heterocycles. The molecule has 5 N–H and O–H groups in total. The van der Waals surface area contributed by atoms with E-state index in [0.717, 1.165) is 15.4 Å². The number of aliphatic hydroxyl groups excluding tert-OH is 1. The van der Waals surface area contributed by atoms with Crippen LogP contribution in [0.1, 0.15) is 38.5 Å². The molecule has 0 aliphatic rings. The number of thiophene rings is 1. The number of aromatic nitrogens is 2. The van der Waals surface area contributed by atoms with Crippen LogP contribution in [0.3, 0.4) is 0 Å². The minimum Gasteiger partial charge on any atom is -0.453 e. The zero-order chi connectivity index (χ0) is 34.1. The molecule has 2 amide bonds. The first kappa shape index (κ1) is 34.3. The van der Waals surface area contributed by atoms with E-state index >= 15 is 0 Å². The van der Waals surface area contributed by atoms with E-state index in [-0.39, 0.29) is 23.7 Å². The number of methoxy groups -OCH3 is 1. The second-order valence-electron chi connectivity index (χ2n) is 10.7. The van der Waals surface area contributed by atoms with Gasteiger partial charge in [-0.3, -0.25) is 4.79 Å². The number of nitrogen functional groups attached to an aromatic ring is 1. The van der Waals surface area contributed by atoms with Crippen LogP contribution in [0.4, 0.5) is 10.5 Å². The number of sulfonamides is 1. The van der Waals surface area contributed by atoms with Crippen molar-refractivity contribution in [1.82, 2.24) is 25.3 Å². The number of carbonyl (C=O) groups excluding carboxylic acids is 2. The summed E-state index contributed by atoms with van der Waals surface area (Å²) in [4.78, 5) is 27.4. The smallest absolute Gasteiger partial charge is 0.407 e. The topological polar surface area (TPSA) is 190 Å². The van der Waals surface area contributed by atoms with E-state index in [1.165, 1.54) is 48.9 Å². The van der Waals surface area contributed by atoms with Crippen LogP contribution in [0.25, 0.3) is 0 Å². The summed E-state index contributed by atoms with van der Waals surface area (Å²) in [6, 6.07) is 25.8. The number of alkyl carbamates (subject to hydrolysis) is 1. The van der Waals surface area contributed by atoms with Gasteiger partial charge in [-0.2, -0.15) is 4.31 Å². The van der Waals surface area contributed by atoms with E-state index in [0.29, 0.717) is 15.4 Å². The van der Waals surface area contributed by atoms with Crippen LogP contribution in [-0.4, -0.2) is 59.9 Å². The molecular formula is C33H34N6O7S2. The van der Waals surface area contributed by atoms with E-state index in [4.69, 9.17) is 10.5 Å². The molecule has 0 aliphatic carbocycles. The fourth-order valence-electron chi connectivity index (χ4n) is 5.21. The normalized spacial score (nSPS) is 12.8. The largest absolute Gasteiger partial charge is 0.453 e. The lowest BCUT2D eigenvalue weighted by atomic mass is 9.84. The molecule has 250 valence electrons. The Morgan fingerprint density at radius 2 is 1.62 bits per heavy atom. The van der Waals surface area contributed by atoms with Crippen LogP contribution < -0.4 is 16.4 Å². The molecule has 2 atom stereocenters. The summed E-state index contributed by atoms with van der Waals surface area (Å²) in [6.07, 6.45) is 0.535. The molecular weight excluding hydrogens is 657 g/mol. The summed E-state index contributed by atoms with van der Waals surface area (Å²) in [5.41, 5.74) is 8.04. The molecule has 0 aliphatic heterocycles. The van der Waals surface area contributed by atoms with Gasteiger partial charge >= 0.3 is 6.09 Å². The van der Waals surface area contributed by atoms with Gasteiger partial charge < -0.3 is 26.2 Å². The Morgan fingerprint density at radius 1 is 0.979 bits per heavy atom. The summed E-state index contributed by atoms with van der Waals surface area (Å²) in [7, 11) is -2.94. The molecule has 0 fully saturated rings. The van der Waals surface area contributed by atoms with Gasteiger partial charge in [0.15, 0.2) is 0 Å². The van der Waals surface area contributed by atoms with Gasteiger partial charge in [-0.15, -0.1) is 11.3 Å². The second-order valence-corrected chi connectivity index (χ2v) is 13.7. The number of nitrogens with one attached hydrogen (secondary N) is 2. The number of benzene rings is 3. The van der Waals surface area contributed by atoms with E-state index in [1.54, 1.807) is 12.1 Å². The number of ether oxygens (including phenoxy) is 1. The van der Waals surface area contributed by atoms with Crippen LogP contribution in [0, 0.1) is 0 Å². The molecule has 13 nitrogen and oxygen atoms in total. The van der Waals surface area contributed by atoms with Crippen molar-refractivity contribution in [3.63, 3.8) is 0 Å². The minimum absolute atomic E-state index is 0.0221. The average Bonchev–Trinajstić information content (AvgIpc) is 3.81. The van der Waals surface area contributed by atoms with Crippen LogP contribution in [0.5, 0.6) is 0 Å². The van der Waals surface area contributed by atoms with Crippen LogP contribution >= 0.6 is 11.3 Å². The highest BCUT2D eigenvalue weighted by molar-refractivity contribution is 7.89. The van der Waals surface area contributed by atoms with E-state index in [2.05, 4.69) is 25.6 Å². The Kier molecular flexibility index (Phi) is 11.2. The van der Waals surface area contributed by atoms with Gasteiger partial charge in [0.2, 0.25) is 15.9 Å². The number of anilines is 1. The van der Waals surface area contributed by atoms with Gasteiger partial charge in [0.1, 0.15) is 11.7 Å². The first-order valence-electron chi connectivity index (χ1n) is 14.8. The third-order valence-corrected chi connectivity index (χ3v) is 10.6. The summed E-state index contributed by atoms with van der Waals surface area (Å²) in [6.45, 7) is -0.714. The Balaban J connectivity index is 1.40. The highest BCUT2D eigenvalue weighted by atomic mass is 32.2. The number of hydrogen-bond donors (Lipinski definition) is 4. The number of nitrogens with two attached hydrogens (primary N) is 1. The van der Waals surface area contributed by atoms with Crippen molar-refractivity contribution in [3.8, 4) is 0 Å². The summed E-state index contributed by atoms with van der Waals surface area (Å²) in [5.74, 6) is -1.000. The number of rotatable bonds is 14. The zero-order valence-corrected chi connectivity index (χ0v) is 27.4. The molecule has 3 aromatic carbocycles. The molecule has 48 heavy (non-hydrogen) atoms. The minimum atomic E-state index is -4.16. The van der Waals surface area contributed by atoms with Gasteiger partial charge in [0, 0.05) is 21.4 Å². The number of carbonyl (C=O) groups is 2. The van der Waals surface area contributed by atoms with Gasteiger partial charge in [0.05, 0.1) is 43.9 Å². The fourth-order valence-corrected chi connectivity index (χ4v) is 7.90. The Hall–Kier alpha value is -5.09. The zero-order valence-electron chi connectivity index (χ0n) is 25.8. The molecule has 0 unspecified atom stereocenters. The molecule has 0 bridgehead atoms. The maximum Gasteiger partial charge on any atom is 0.407 e. The predicted molar refractivity (Wildman–Crippen MR) is 178 cm³/mol. The van der Waals surface area contributed by atoms with Crippen molar-refractivity contribution >= 4 is 39.0 Å². The average molecular weight is 691 g/mol. The Bertz CT molecular complexity index is 1850. The van der Waals surface area contributed by atoms with Gasteiger partial charge in [0.25, 0.3) is 0 Å². The SMILES string of the molecule is COC(=O)N[C@H](C(=O)NCc1ccc([C@@H](CO)N(Cc2cnon2)S(=O)(=O)c2ccc(N)cc2)s1)C(c1ccccc1)c1ccccc1. The third kappa shape index (κ3) is 8.06. The molecule has 0 radical (unpaired) electrons. The summed E-state index contributed by atoms with van der Waals surface area (Å²) >= 11 is 1.22. The second kappa shape index (κ2) is 15.7. The van der Waals surface area contributed by atoms with E-state index < -0.39 is 46.6 Å². The van der Waals surface area contributed by atoms with Gasteiger partial charge in [-0.05, 0) is 47.5 Å². The van der Waals surface area contributed by atoms with Gasteiger partial charge in [-0.1, -0.05) is 71.0 Å². The highest BCUT2D eigenvalue weighted by Crippen LogP contribution is 2.34. The monoisotopic (exact) mass is 690 g/mol. The maximum absolute atomic E-state index is 13.8. The van der Waals surface area contributed by atoms with Crippen molar-refractivity contribution in [3.05, 3.63) is 130 Å². The Labute approximate surface area is 281 Å². The van der Waals surface area contributed by atoms with Crippen LogP contribution in [0.15, 0.2) is 113 Å². The number of hydrogen-bond acceptors (Lipinski definition) is 11. The Morgan fingerprint density at radius 3 is 2.19 bits per heavy atom. The van der Waals surface area contributed by atoms with Crippen LogP contribution in [0.2, 0.25) is 0 Å². The lowest BCUT2D eigenvalue weighted by Gasteiger charge is -2.28. The molecule has 15 heteroatoms. The van der Waals surface area contributed by atoms with E-state index in [1.807, 2.05) is 60.7 Å². The van der Waals surface area contributed by atoms with Gasteiger partial charge in [-0.25, -0.2) is 17.8 Å². The first-order valence-corrected chi connectivity index (χ1v) is 17.0. The third-order valence-electron chi connectivity index (χ3n) is 7.57. The van der Waals surface area contributed by atoms with Crippen molar-refractivity contribution in [1.29, 1.82) is 0 Å². The molecule has 5 rings (SSSR count). The first-order chi connectivity index (χ1) is 23.2. The molecule has 5 aromatic rings. The maximum atomic E-state index is 13.8. The van der Waals surface area contributed by atoms with Crippen molar-refractivity contribution in [2.24, 2.45) is 0 Å². The van der Waals surface area contributed by atoms with Crippen molar-refractivity contribution in [2.75, 3.05) is 19.5 Å². The lowest BCUT2D eigenvalue weighted by Crippen LogP contribution is -2.50.